The van der Waals surface area contributed by atoms with E-state index in [1.165, 1.54) is 60.8 Å². The van der Waals surface area contributed by atoms with Crippen LogP contribution in [0, 0.1) is 0 Å². The molecule has 3 heteroatoms. The fraction of sp³-hybridized carbons (Fsp3) is 0. The Bertz CT molecular complexity index is 3580. The van der Waals surface area contributed by atoms with Crippen LogP contribution >= 0.6 is 0 Å². The van der Waals surface area contributed by atoms with E-state index >= 15 is 0 Å². The molecular weight excluding hydrogens is 765 g/mol. The zero-order chi connectivity index (χ0) is 41.7. The van der Waals surface area contributed by atoms with Crippen LogP contribution in [0.3, 0.4) is 0 Å². The molecule has 12 rings (SSSR count). The first kappa shape index (κ1) is 36.5. The Morgan fingerprint density at radius 2 is 0.730 bits per heavy atom. The molecule has 0 radical (unpaired) electrons. The second-order valence-electron chi connectivity index (χ2n) is 16.2. The summed E-state index contributed by atoms with van der Waals surface area (Å²) in [6, 6.07) is 87.1. The van der Waals surface area contributed by atoms with Crippen molar-refractivity contribution in [1.82, 2.24) is 4.57 Å². The molecule has 0 saturated heterocycles. The minimum absolute atomic E-state index is 0.869. The SMILES string of the molecule is c1ccc(-c2ccc(N(c3ccc(-c4cccc(-c5ccc6c(c5)c5ccccc5n6-c5ccc(-c6ccccc6)cc5)c4)cc3)c3ccc4c(c3)oc3ccccc34)cc2)cc1. The van der Waals surface area contributed by atoms with E-state index in [1.54, 1.807) is 0 Å². The Labute approximate surface area is 366 Å². The standard InChI is InChI=1S/C60H40N2O/c1-3-12-41(13-4-1)43-22-29-49(30-23-43)61(52-35-36-55-54-19-8-10-21-59(54)63-60(55)40-52)50-31-26-45(27-32-50)46-16-11-17-47(38-46)48-28-37-58-56(39-48)53-18-7-9-20-57(53)62(58)51-33-24-44(25-34-51)42-14-5-2-6-15-42/h1-40H. The van der Waals surface area contributed by atoms with Gasteiger partial charge in [-0.3, -0.25) is 0 Å². The molecule has 0 atom stereocenters. The molecule has 296 valence electrons. The average Bonchev–Trinajstić information content (AvgIpc) is 3.90. The van der Waals surface area contributed by atoms with Crippen LogP contribution in [-0.2, 0) is 0 Å². The number of benzene rings is 10. The summed E-state index contributed by atoms with van der Waals surface area (Å²) in [5.41, 5.74) is 18.0. The molecule has 0 saturated carbocycles. The molecule has 0 aliphatic heterocycles. The summed E-state index contributed by atoms with van der Waals surface area (Å²) in [5, 5.41) is 4.72. The van der Waals surface area contributed by atoms with Crippen molar-refractivity contribution in [3.8, 4) is 50.2 Å². The van der Waals surface area contributed by atoms with E-state index in [0.717, 1.165) is 50.3 Å². The fourth-order valence-electron chi connectivity index (χ4n) is 9.28. The Hall–Kier alpha value is -8.40. The molecule has 0 unspecified atom stereocenters. The zero-order valence-electron chi connectivity index (χ0n) is 34.4. The lowest BCUT2D eigenvalue weighted by Crippen LogP contribution is -2.09. The molecule has 0 N–H and O–H groups in total. The summed E-state index contributed by atoms with van der Waals surface area (Å²) < 4.78 is 8.76. The number of para-hydroxylation sites is 2. The molecule has 0 bridgehead atoms. The highest BCUT2D eigenvalue weighted by Gasteiger charge is 2.17. The number of fused-ring (bicyclic) bond motifs is 6. The maximum absolute atomic E-state index is 6.37. The molecule has 0 aliphatic rings. The van der Waals surface area contributed by atoms with Crippen LogP contribution in [0.5, 0.6) is 0 Å². The highest BCUT2D eigenvalue weighted by atomic mass is 16.3. The van der Waals surface area contributed by atoms with Gasteiger partial charge in [0.1, 0.15) is 11.2 Å². The van der Waals surface area contributed by atoms with Gasteiger partial charge in [-0.2, -0.15) is 0 Å². The van der Waals surface area contributed by atoms with E-state index in [9.17, 15) is 0 Å². The van der Waals surface area contributed by atoms with Gasteiger partial charge >= 0.3 is 0 Å². The van der Waals surface area contributed by atoms with Crippen LogP contribution in [0.25, 0.3) is 93.9 Å². The van der Waals surface area contributed by atoms with E-state index in [2.05, 4.69) is 240 Å². The summed E-state index contributed by atoms with van der Waals surface area (Å²) in [7, 11) is 0. The number of rotatable bonds is 8. The molecule has 10 aromatic carbocycles. The van der Waals surface area contributed by atoms with Gasteiger partial charge in [-0.05, 0) is 123 Å². The summed E-state index contributed by atoms with van der Waals surface area (Å²) in [6.45, 7) is 0. The quantitative estimate of drug-likeness (QED) is 0.153. The summed E-state index contributed by atoms with van der Waals surface area (Å²) in [5.74, 6) is 0. The summed E-state index contributed by atoms with van der Waals surface area (Å²) >= 11 is 0. The van der Waals surface area contributed by atoms with Gasteiger partial charge in [0.2, 0.25) is 0 Å². The van der Waals surface area contributed by atoms with E-state index in [-0.39, 0.29) is 0 Å². The molecule has 0 amide bonds. The van der Waals surface area contributed by atoms with Gasteiger partial charge in [0.15, 0.2) is 0 Å². The number of hydrogen-bond donors (Lipinski definition) is 0. The smallest absolute Gasteiger partial charge is 0.137 e. The van der Waals surface area contributed by atoms with Crippen LogP contribution in [0.2, 0.25) is 0 Å². The molecule has 3 nitrogen and oxygen atoms in total. The topological polar surface area (TPSA) is 21.3 Å². The fourth-order valence-corrected chi connectivity index (χ4v) is 9.28. The Balaban J connectivity index is 0.889. The van der Waals surface area contributed by atoms with E-state index in [0.29, 0.717) is 0 Å². The number of anilines is 3. The first-order valence-corrected chi connectivity index (χ1v) is 21.5. The lowest BCUT2D eigenvalue weighted by Gasteiger charge is -2.26. The van der Waals surface area contributed by atoms with Crippen molar-refractivity contribution in [3.63, 3.8) is 0 Å². The Morgan fingerprint density at radius 3 is 1.41 bits per heavy atom. The zero-order valence-corrected chi connectivity index (χ0v) is 34.4. The van der Waals surface area contributed by atoms with Gasteiger partial charge in [0, 0.05) is 50.4 Å². The molecular formula is C60H40N2O. The number of furan rings is 1. The van der Waals surface area contributed by atoms with Crippen LogP contribution in [0.4, 0.5) is 17.1 Å². The van der Waals surface area contributed by atoms with Crippen molar-refractivity contribution in [2.24, 2.45) is 0 Å². The monoisotopic (exact) mass is 804 g/mol. The van der Waals surface area contributed by atoms with Crippen molar-refractivity contribution in [2.45, 2.75) is 0 Å². The van der Waals surface area contributed by atoms with Crippen molar-refractivity contribution in [1.29, 1.82) is 0 Å². The number of aromatic nitrogens is 1. The molecule has 0 fully saturated rings. The van der Waals surface area contributed by atoms with Crippen LogP contribution in [-0.4, -0.2) is 4.57 Å². The van der Waals surface area contributed by atoms with E-state index in [4.69, 9.17) is 4.42 Å². The van der Waals surface area contributed by atoms with E-state index < -0.39 is 0 Å². The number of hydrogen-bond acceptors (Lipinski definition) is 2. The first-order chi connectivity index (χ1) is 31.2. The Morgan fingerprint density at radius 1 is 0.270 bits per heavy atom. The molecule has 2 aromatic heterocycles. The predicted octanol–water partition coefficient (Wildman–Crippen LogP) is 16.8. The van der Waals surface area contributed by atoms with Gasteiger partial charge in [-0.1, -0.05) is 158 Å². The van der Waals surface area contributed by atoms with E-state index in [1.807, 2.05) is 12.1 Å². The third-order valence-electron chi connectivity index (χ3n) is 12.4. The van der Waals surface area contributed by atoms with Gasteiger partial charge in [0.25, 0.3) is 0 Å². The largest absolute Gasteiger partial charge is 0.456 e. The second-order valence-corrected chi connectivity index (χ2v) is 16.2. The summed E-state index contributed by atoms with van der Waals surface area (Å²) in [6.07, 6.45) is 0. The molecule has 0 aliphatic carbocycles. The molecule has 63 heavy (non-hydrogen) atoms. The highest BCUT2D eigenvalue weighted by Crippen LogP contribution is 2.41. The van der Waals surface area contributed by atoms with Crippen molar-refractivity contribution >= 4 is 60.8 Å². The van der Waals surface area contributed by atoms with Gasteiger partial charge in [0.05, 0.1) is 11.0 Å². The van der Waals surface area contributed by atoms with Crippen LogP contribution < -0.4 is 4.90 Å². The number of nitrogens with zero attached hydrogens (tertiary/aromatic N) is 2. The first-order valence-electron chi connectivity index (χ1n) is 21.5. The van der Waals surface area contributed by atoms with Crippen molar-refractivity contribution in [3.05, 3.63) is 243 Å². The van der Waals surface area contributed by atoms with Gasteiger partial charge < -0.3 is 13.9 Å². The lowest BCUT2D eigenvalue weighted by molar-refractivity contribution is 0.669. The second kappa shape index (κ2) is 15.3. The average molecular weight is 805 g/mol. The lowest BCUT2D eigenvalue weighted by atomic mass is 9.97. The van der Waals surface area contributed by atoms with Crippen molar-refractivity contribution < 1.29 is 4.42 Å². The maximum atomic E-state index is 6.37. The molecule has 0 spiro atoms. The van der Waals surface area contributed by atoms with Gasteiger partial charge in [-0.25, -0.2) is 0 Å². The van der Waals surface area contributed by atoms with Crippen LogP contribution in [0.1, 0.15) is 0 Å². The highest BCUT2D eigenvalue weighted by molar-refractivity contribution is 6.10. The third-order valence-corrected chi connectivity index (χ3v) is 12.4. The maximum Gasteiger partial charge on any atom is 0.137 e. The molecule has 2 heterocycles. The normalized spacial score (nSPS) is 11.5. The van der Waals surface area contributed by atoms with Crippen LogP contribution in [0.15, 0.2) is 247 Å². The predicted molar refractivity (Wildman–Crippen MR) is 264 cm³/mol. The minimum atomic E-state index is 0.869. The Kier molecular flexibility index (Phi) is 8.83. The minimum Gasteiger partial charge on any atom is -0.456 e. The third kappa shape index (κ3) is 6.55. The summed E-state index contributed by atoms with van der Waals surface area (Å²) in [4.78, 5) is 2.31. The molecule has 12 aromatic rings. The van der Waals surface area contributed by atoms with Gasteiger partial charge in [-0.15, -0.1) is 0 Å². The van der Waals surface area contributed by atoms with Crippen molar-refractivity contribution in [2.75, 3.05) is 4.90 Å².